The van der Waals surface area contributed by atoms with Gasteiger partial charge in [-0.25, -0.2) is 26.7 Å². The normalized spacial score (nSPS) is 12.6. The molecule has 3 aromatic rings. The van der Waals surface area contributed by atoms with E-state index in [2.05, 4.69) is 10.3 Å². The van der Waals surface area contributed by atoms with Crippen LogP contribution in [0.5, 0.6) is 0 Å². The van der Waals surface area contributed by atoms with Crippen molar-refractivity contribution in [3.8, 4) is 0 Å². The van der Waals surface area contributed by atoms with E-state index in [0.717, 1.165) is 9.87 Å². The van der Waals surface area contributed by atoms with Crippen molar-refractivity contribution in [1.29, 1.82) is 0 Å². The highest BCUT2D eigenvalue weighted by atomic mass is 32.2. The lowest BCUT2D eigenvalue weighted by Gasteiger charge is -2.19. The number of methoxy groups -OCH3 is 1. The summed E-state index contributed by atoms with van der Waals surface area (Å²) in [5, 5.41) is 2.46. The molecule has 0 bridgehead atoms. The number of sulfonamides is 1. The molecule has 0 atom stereocenters. The third-order valence-corrected chi connectivity index (χ3v) is 7.49. The molecule has 0 saturated carbocycles. The number of carbonyl (C=O) groups excluding carboxylic acids is 2. The number of fused-ring (bicyclic) bond motifs is 1. The van der Waals surface area contributed by atoms with E-state index in [1.165, 1.54) is 44.0 Å². The number of nitrogens with zero attached hydrogens (tertiary/aromatic N) is 3. The van der Waals surface area contributed by atoms with Gasteiger partial charge in [-0.15, -0.1) is 0 Å². The topological polar surface area (TPSA) is 120 Å². The molecule has 0 radical (unpaired) electrons. The zero-order valence-corrected chi connectivity index (χ0v) is 23.6. The maximum atomic E-state index is 15.0. The molecule has 1 N–H and O–H groups in total. The number of hydrogen-bond donors (Lipinski definition) is 1. The Kier molecular flexibility index (Phi) is 9.13. The Morgan fingerprint density at radius 1 is 1.15 bits per heavy atom. The minimum atomic E-state index is -3.60. The van der Waals surface area contributed by atoms with Crippen LogP contribution in [-0.2, 0) is 32.5 Å². The van der Waals surface area contributed by atoms with Crippen molar-refractivity contribution in [2.45, 2.75) is 44.2 Å². The number of halogens is 1. The molecule has 0 spiro atoms. The maximum absolute atomic E-state index is 15.0. The number of ether oxygens (including phenoxy) is 2. The summed E-state index contributed by atoms with van der Waals surface area (Å²) >= 11 is 0. The molecule has 39 heavy (non-hydrogen) atoms. The van der Waals surface area contributed by atoms with Gasteiger partial charge in [-0.05, 0) is 56.7 Å². The van der Waals surface area contributed by atoms with Crippen LogP contribution >= 0.6 is 0 Å². The molecule has 0 aliphatic heterocycles. The number of allylic oxidation sites excluding steroid dienone is 1. The molecular weight excluding hydrogens is 527 g/mol. The predicted octanol–water partition coefficient (Wildman–Crippen LogP) is 4.04. The molecule has 2 aromatic heterocycles. The third kappa shape index (κ3) is 7.21. The molecule has 12 heteroatoms. The predicted molar refractivity (Wildman–Crippen MR) is 145 cm³/mol. The highest BCUT2D eigenvalue weighted by Crippen LogP contribution is 2.29. The summed E-state index contributed by atoms with van der Waals surface area (Å²) in [7, 11) is 0.542. The Labute approximate surface area is 227 Å². The summed E-state index contributed by atoms with van der Waals surface area (Å²) in [5.74, 6) is -1.27. The van der Waals surface area contributed by atoms with Gasteiger partial charge >= 0.3 is 12.1 Å². The van der Waals surface area contributed by atoms with Crippen LogP contribution in [-0.4, -0.2) is 67.7 Å². The van der Waals surface area contributed by atoms with E-state index in [-0.39, 0.29) is 30.1 Å². The number of pyridine rings is 1. The van der Waals surface area contributed by atoms with Crippen LogP contribution in [0, 0.1) is 0 Å². The first-order valence-electron chi connectivity index (χ1n) is 12.1. The SMILES string of the molecule is COC(=O)c1c(Cc2ccc(S(=O)(=O)N(C)C)cc2)c2ncccc2n1C/C(F)=C/CNC(=O)OC(C)(C)C. The summed E-state index contributed by atoms with van der Waals surface area (Å²) in [6.45, 7) is 4.75. The van der Waals surface area contributed by atoms with Gasteiger partial charge in [0, 0.05) is 38.8 Å². The van der Waals surface area contributed by atoms with Crippen LogP contribution in [0.25, 0.3) is 11.0 Å². The van der Waals surface area contributed by atoms with Gasteiger partial charge in [0.15, 0.2) is 0 Å². The van der Waals surface area contributed by atoms with E-state index in [4.69, 9.17) is 9.47 Å². The number of esters is 1. The number of amides is 1. The van der Waals surface area contributed by atoms with Crippen molar-refractivity contribution in [3.63, 3.8) is 0 Å². The summed E-state index contributed by atoms with van der Waals surface area (Å²) in [6.07, 6.45) is 2.31. The number of hydrogen-bond acceptors (Lipinski definition) is 7. The molecular formula is C27H33FN4O6S. The van der Waals surface area contributed by atoms with Gasteiger partial charge in [-0.1, -0.05) is 12.1 Å². The Balaban J connectivity index is 1.95. The highest BCUT2D eigenvalue weighted by molar-refractivity contribution is 7.89. The minimum Gasteiger partial charge on any atom is -0.464 e. The number of nitrogens with one attached hydrogen (secondary N) is 1. The van der Waals surface area contributed by atoms with E-state index in [9.17, 15) is 18.0 Å². The molecule has 1 amide bonds. The second-order valence-corrected chi connectivity index (χ2v) is 12.1. The van der Waals surface area contributed by atoms with Gasteiger partial charge in [0.2, 0.25) is 10.0 Å². The second kappa shape index (κ2) is 12.0. The number of benzene rings is 1. The molecule has 1 aromatic carbocycles. The third-order valence-electron chi connectivity index (χ3n) is 5.66. The summed E-state index contributed by atoms with van der Waals surface area (Å²) in [4.78, 5) is 29.3. The first-order chi connectivity index (χ1) is 18.2. The molecule has 3 rings (SSSR count). The van der Waals surface area contributed by atoms with Crippen molar-refractivity contribution in [1.82, 2.24) is 19.2 Å². The van der Waals surface area contributed by atoms with Crippen molar-refractivity contribution in [2.24, 2.45) is 0 Å². The molecule has 10 nitrogen and oxygen atoms in total. The van der Waals surface area contributed by atoms with Gasteiger partial charge < -0.3 is 19.4 Å². The van der Waals surface area contributed by atoms with Gasteiger partial charge in [0.25, 0.3) is 0 Å². The standard InChI is InChI=1S/C27H33FN4O6S/c1-27(2,3)38-26(34)30-15-13-19(28)17-32-22-8-7-14-29-23(22)21(24(32)25(33)37-6)16-18-9-11-20(12-10-18)39(35,36)31(4)5/h7-14H,15-17H2,1-6H3,(H,30,34)/b19-13-. The molecule has 2 heterocycles. The highest BCUT2D eigenvalue weighted by Gasteiger charge is 2.25. The number of carbonyl (C=O) groups is 2. The molecule has 0 fully saturated rings. The Bertz CT molecular complexity index is 1490. The fourth-order valence-electron chi connectivity index (χ4n) is 3.87. The van der Waals surface area contributed by atoms with Gasteiger partial charge in [0.05, 0.1) is 29.6 Å². The van der Waals surface area contributed by atoms with Crippen LogP contribution < -0.4 is 5.32 Å². The van der Waals surface area contributed by atoms with Crippen molar-refractivity contribution < 1.29 is 31.9 Å². The average molecular weight is 561 g/mol. The fraction of sp³-hybridized carbons (Fsp3) is 0.370. The van der Waals surface area contributed by atoms with Crippen LogP contribution in [0.2, 0.25) is 0 Å². The summed E-state index contributed by atoms with van der Waals surface area (Å²) < 4.78 is 52.6. The number of rotatable bonds is 9. The van der Waals surface area contributed by atoms with Gasteiger partial charge in [-0.2, -0.15) is 0 Å². The maximum Gasteiger partial charge on any atom is 0.407 e. The lowest BCUT2D eigenvalue weighted by molar-refractivity contribution is 0.0532. The van der Waals surface area contributed by atoms with Gasteiger partial charge in [-0.3, -0.25) is 4.98 Å². The Morgan fingerprint density at radius 3 is 2.41 bits per heavy atom. The lowest BCUT2D eigenvalue weighted by Crippen LogP contribution is -2.32. The van der Waals surface area contributed by atoms with Gasteiger partial charge in [0.1, 0.15) is 17.1 Å². The number of aromatic nitrogens is 2. The Morgan fingerprint density at radius 2 is 1.82 bits per heavy atom. The largest absolute Gasteiger partial charge is 0.464 e. The van der Waals surface area contributed by atoms with Crippen LogP contribution in [0.1, 0.15) is 42.4 Å². The first kappa shape index (κ1) is 29.8. The summed E-state index contributed by atoms with van der Waals surface area (Å²) in [5.41, 5.74) is 1.68. The average Bonchev–Trinajstić information content (AvgIpc) is 3.15. The molecule has 0 saturated heterocycles. The van der Waals surface area contributed by atoms with E-state index >= 15 is 4.39 Å². The second-order valence-electron chi connectivity index (χ2n) is 9.92. The lowest BCUT2D eigenvalue weighted by atomic mass is 10.0. The quantitative estimate of drug-likeness (QED) is 0.392. The molecule has 0 aliphatic rings. The van der Waals surface area contributed by atoms with Crippen molar-refractivity contribution in [3.05, 3.63) is 71.3 Å². The monoisotopic (exact) mass is 560 g/mol. The Hall–Kier alpha value is -3.77. The zero-order valence-electron chi connectivity index (χ0n) is 22.8. The van der Waals surface area contributed by atoms with E-state index in [1.807, 2.05) is 0 Å². The first-order valence-corrected chi connectivity index (χ1v) is 13.6. The molecule has 210 valence electrons. The summed E-state index contributed by atoms with van der Waals surface area (Å²) in [6, 6.07) is 9.70. The smallest absolute Gasteiger partial charge is 0.407 e. The molecule has 0 aliphatic carbocycles. The van der Waals surface area contributed by atoms with Crippen LogP contribution in [0.15, 0.2) is 59.4 Å². The molecule has 0 unspecified atom stereocenters. The zero-order chi connectivity index (χ0) is 29.0. The minimum absolute atomic E-state index is 0.110. The van der Waals surface area contributed by atoms with Crippen LogP contribution in [0.4, 0.5) is 9.18 Å². The van der Waals surface area contributed by atoms with Crippen LogP contribution in [0.3, 0.4) is 0 Å². The van der Waals surface area contributed by atoms with Crippen molar-refractivity contribution >= 4 is 33.1 Å². The van der Waals surface area contributed by atoms with E-state index < -0.39 is 33.5 Å². The van der Waals surface area contributed by atoms with E-state index in [0.29, 0.717) is 16.6 Å². The van der Waals surface area contributed by atoms with Crippen molar-refractivity contribution in [2.75, 3.05) is 27.7 Å². The number of alkyl carbamates (subject to hydrolysis) is 1. The fourth-order valence-corrected chi connectivity index (χ4v) is 4.78. The van der Waals surface area contributed by atoms with E-state index in [1.54, 1.807) is 51.2 Å².